The molecule has 0 unspecified atom stereocenters. The van der Waals surface area contributed by atoms with E-state index < -0.39 is 6.09 Å². The topological polar surface area (TPSA) is 80.5 Å². The molecule has 138 valence electrons. The second kappa shape index (κ2) is 5.70. The number of fused-ring (bicyclic) bond motifs is 3. The minimum absolute atomic E-state index is 0.100. The van der Waals surface area contributed by atoms with Crippen molar-refractivity contribution in [2.45, 2.75) is 24.8 Å². The Morgan fingerprint density at radius 2 is 2.07 bits per heavy atom. The molecule has 1 saturated heterocycles. The zero-order valence-corrected chi connectivity index (χ0v) is 15.1. The molecule has 1 N–H and O–H groups in total. The lowest BCUT2D eigenvalue weighted by Crippen LogP contribution is -2.32. The van der Waals surface area contributed by atoms with Gasteiger partial charge in [0.2, 0.25) is 0 Å². The second-order valence-corrected chi connectivity index (χ2v) is 7.41. The molecular weight excluding hydrogens is 344 g/mol. The number of likely N-dealkylation sites (tertiary alicyclic amines) is 1. The van der Waals surface area contributed by atoms with E-state index in [9.17, 15) is 9.90 Å². The summed E-state index contributed by atoms with van der Waals surface area (Å²) in [5.74, 6) is 0.799. The number of carbonyl (C=O) groups is 1. The number of amides is 1. The number of nitrogens with zero attached hydrogens (tertiary/aromatic N) is 4. The summed E-state index contributed by atoms with van der Waals surface area (Å²) in [4.78, 5) is 17.4. The van der Waals surface area contributed by atoms with Crippen LogP contribution in [-0.2, 0) is 12.0 Å². The Kier molecular flexibility index (Phi) is 3.40. The van der Waals surface area contributed by atoms with Crippen molar-refractivity contribution in [3.63, 3.8) is 0 Å². The van der Waals surface area contributed by atoms with E-state index in [1.807, 2.05) is 29.1 Å². The molecule has 3 aromatic rings. The molecule has 1 atom stereocenters. The Balaban J connectivity index is 1.52. The van der Waals surface area contributed by atoms with Gasteiger partial charge in [-0.2, -0.15) is 5.10 Å². The van der Waals surface area contributed by atoms with Crippen molar-refractivity contribution in [2.24, 2.45) is 0 Å². The van der Waals surface area contributed by atoms with E-state index in [0.29, 0.717) is 13.1 Å². The molecule has 1 fully saturated rings. The van der Waals surface area contributed by atoms with E-state index in [1.54, 1.807) is 7.11 Å². The van der Waals surface area contributed by atoms with Gasteiger partial charge in [0.1, 0.15) is 5.75 Å². The monoisotopic (exact) mass is 364 g/mol. The molecule has 2 aromatic heterocycles. The van der Waals surface area contributed by atoms with E-state index in [-0.39, 0.29) is 5.41 Å². The predicted molar refractivity (Wildman–Crippen MR) is 100 cm³/mol. The van der Waals surface area contributed by atoms with E-state index in [4.69, 9.17) is 9.84 Å². The standard InChI is InChI=1S/C20H20N4O3/c1-27-15-2-3-16-13(9-15)8-14(11-21-16)17-10-18-20(5-7-24(18)22-17)4-6-23(12-20)19(25)26/h2-3,8-11H,4-7,12H2,1H3,(H,25,26)/t20-/m0/s1. The molecule has 7 nitrogen and oxygen atoms in total. The lowest BCUT2D eigenvalue weighted by molar-refractivity contribution is 0.153. The summed E-state index contributed by atoms with van der Waals surface area (Å²) in [6, 6.07) is 10.0. The SMILES string of the molecule is COc1ccc2ncc(-c3cc4n(n3)CC[C@]43CCN(C(=O)O)C3)cc2c1. The molecule has 0 radical (unpaired) electrons. The van der Waals surface area contributed by atoms with Crippen LogP contribution in [0.1, 0.15) is 18.5 Å². The summed E-state index contributed by atoms with van der Waals surface area (Å²) >= 11 is 0. The summed E-state index contributed by atoms with van der Waals surface area (Å²) in [5.41, 5.74) is 3.80. The Morgan fingerprint density at radius 3 is 2.85 bits per heavy atom. The number of aromatic nitrogens is 3. The van der Waals surface area contributed by atoms with E-state index in [2.05, 4.69) is 17.1 Å². The molecule has 1 spiro atoms. The van der Waals surface area contributed by atoms with Crippen molar-refractivity contribution in [1.82, 2.24) is 19.7 Å². The molecule has 1 amide bonds. The zero-order valence-electron chi connectivity index (χ0n) is 15.1. The molecular formula is C20H20N4O3. The average molecular weight is 364 g/mol. The van der Waals surface area contributed by atoms with Gasteiger partial charge in [0.15, 0.2) is 0 Å². The highest BCUT2D eigenvalue weighted by molar-refractivity contribution is 5.84. The average Bonchev–Trinajstić information content (AvgIpc) is 3.38. The van der Waals surface area contributed by atoms with E-state index >= 15 is 0 Å². The maximum absolute atomic E-state index is 11.3. The quantitative estimate of drug-likeness (QED) is 0.756. The molecule has 0 saturated carbocycles. The van der Waals surface area contributed by atoms with Crippen LogP contribution in [0.15, 0.2) is 36.5 Å². The first-order valence-corrected chi connectivity index (χ1v) is 9.08. The van der Waals surface area contributed by atoms with Crippen molar-refractivity contribution in [1.29, 1.82) is 0 Å². The summed E-state index contributed by atoms with van der Waals surface area (Å²) in [7, 11) is 1.65. The first-order chi connectivity index (χ1) is 13.1. The molecule has 0 aliphatic carbocycles. The normalized spacial score (nSPS) is 21.1. The van der Waals surface area contributed by atoms with Gasteiger partial charge in [-0.1, -0.05) is 0 Å². The van der Waals surface area contributed by atoms with Crippen LogP contribution in [0.4, 0.5) is 4.79 Å². The molecule has 27 heavy (non-hydrogen) atoms. The number of pyridine rings is 1. The summed E-state index contributed by atoms with van der Waals surface area (Å²) in [6.45, 7) is 1.98. The molecule has 7 heteroatoms. The number of rotatable bonds is 2. The van der Waals surface area contributed by atoms with Crippen molar-refractivity contribution in [3.8, 4) is 17.0 Å². The number of benzene rings is 1. The third-order valence-corrected chi connectivity index (χ3v) is 5.93. The Morgan fingerprint density at radius 1 is 1.22 bits per heavy atom. The predicted octanol–water partition coefficient (Wildman–Crippen LogP) is 3.13. The van der Waals surface area contributed by atoms with Gasteiger partial charge in [0.25, 0.3) is 0 Å². The van der Waals surface area contributed by atoms with Crippen LogP contribution in [0.25, 0.3) is 22.2 Å². The number of aryl methyl sites for hydroxylation is 1. The number of methoxy groups -OCH3 is 1. The van der Waals surface area contributed by atoms with Gasteiger partial charge < -0.3 is 14.7 Å². The maximum Gasteiger partial charge on any atom is 0.407 e. The largest absolute Gasteiger partial charge is 0.497 e. The Labute approximate surface area is 156 Å². The highest BCUT2D eigenvalue weighted by atomic mass is 16.5. The summed E-state index contributed by atoms with van der Waals surface area (Å²) < 4.78 is 7.35. The third-order valence-electron chi connectivity index (χ3n) is 5.93. The molecule has 4 heterocycles. The number of hydrogen-bond donors (Lipinski definition) is 1. The minimum atomic E-state index is -0.835. The fraction of sp³-hybridized carbons (Fsp3) is 0.350. The second-order valence-electron chi connectivity index (χ2n) is 7.41. The van der Waals surface area contributed by atoms with Crippen LogP contribution in [0, 0.1) is 0 Å². The molecule has 5 rings (SSSR count). The van der Waals surface area contributed by atoms with Gasteiger partial charge in [0, 0.05) is 47.9 Å². The zero-order chi connectivity index (χ0) is 18.6. The third kappa shape index (κ3) is 2.45. The molecule has 2 aliphatic heterocycles. The van der Waals surface area contributed by atoms with Gasteiger partial charge >= 0.3 is 6.09 Å². The highest BCUT2D eigenvalue weighted by Gasteiger charge is 2.46. The maximum atomic E-state index is 11.3. The molecule has 1 aromatic carbocycles. The van der Waals surface area contributed by atoms with Crippen molar-refractivity contribution >= 4 is 17.0 Å². The fourth-order valence-corrected chi connectivity index (χ4v) is 4.43. The van der Waals surface area contributed by atoms with Crippen LogP contribution in [0.5, 0.6) is 5.75 Å². The highest BCUT2D eigenvalue weighted by Crippen LogP contribution is 2.43. The molecule has 2 aliphatic rings. The summed E-state index contributed by atoms with van der Waals surface area (Å²) in [5, 5.41) is 15.1. The van der Waals surface area contributed by atoms with Gasteiger partial charge in [-0.3, -0.25) is 9.67 Å². The van der Waals surface area contributed by atoms with Crippen molar-refractivity contribution in [3.05, 3.63) is 42.2 Å². The van der Waals surface area contributed by atoms with Crippen LogP contribution in [0.3, 0.4) is 0 Å². The van der Waals surface area contributed by atoms with E-state index in [1.165, 1.54) is 4.90 Å². The number of carboxylic acid groups (broad SMARTS) is 1. The first-order valence-electron chi connectivity index (χ1n) is 9.08. The van der Waals surface area contributed by atoms with Gasteiger partial charge in [-0.25, -0.2) is 4.79 Å². The van der Waals surface area contributed by atoms with Crippen LogP contribution < -0.4 is 4.74 Å². The lowest BCUT2D eigenvalue weighted by Gasteiger charge is -2.21. The lowest BCUT2D eigenvalue weighted by atomic mass is 9.82. The van der Waals surface area contributed by atoms with Crippen molar-refractivity contribution < 1.29 is 14.6 Å². The van der Waals surface area contributed by atoms with Crippen LogP contribution >= 0.6 is 0 Å². The number of hydrogen-bond acceptors (Lipinski definition) is 4. The van der Waals surface area contributed by atoms with Gasteiger partial charge in [-0.15, -0.1) is 0 Å². The van der Waals surface area contributed by atoms with Gasteiger partial charge in [0.05, 0.1) is 18.3 Å². The van der Waals surface area contributed by atoms with E-state index in [0.717, 1.165) is 53.0 Å². The Hall–Kier alpha value is -3.09. The smallest absolute Gasteiger partial charge is 0.407 e. The van der Waals surface area contributed by atoms with Crippen molar-refractivity contribution in [2.75, 3.05) is 20.2 Å². The number of ether oxygens (including phenoxy) is 1. The molecule has 0 bridgehead atoms. The van der Waals surface area contributed by atoms with Crippen LogP contribution in [-0.4, -0.2) is 51.1 Å². The van der Waals surface area contributed by atoms with Gasteiger partial charge in [-0.05, 0) is 43.2 Å². The Bertz CT molecular complexity index is 1060. The van der Waals surface area contributed by atoms with Crippen LogP contribution in [0.2, 0.25) is 0 Å². The summed E-state index contributed by atoms with van der Waals surface area (Å²) in [6.07, 6.45) is 2.82. The first kappa shape index (κ1) is 16.1. The minimum Gasteiger partial charge on any atom is -0.497 e. The fourth-order valence-electron chi connectivity index (χ4n) is 4.43.